The molecule has 1 heterocycles. The van der Waals surface area contributed by atoms with Crippen LogP contribution in [0.1, 0.15) is 11.1 Å². The first kappa shape index (κ1) is 13.8. The zero-order valence-electron chi connectivity index (χ0n) is 11.4. The van der Waals surface area contributed by atoms with E-state index in [9.17, 15) is 0 Å². The number of ether oxygens (including phenoxy) is 2. The van der Waals surface area contributed by atoms with Gasteiger partial charge in [-0.15, -0.1) is 0 Å². The van der Waals surface area contributed by atoms with Crippen molar-refractivity contribution in [1.29, 1.82) is 0 Å². The molecule has 0 aliphatic carbocycles. The van der Waals surface area contributed by atoms with Gasteiger partial charge in [-0.1, -0.05) is 35.9 Å². The SMILES string of the molecule is NC(Cc1ccc2c(c1)OCO2)=NCc1ccccc1Cl. The van der Waals surface area contributed by atoms with Crippen LogP contribution in [0.3, 0.4) is 0 Å². The lowest BCUT2D eigenvalue weighted by Gasteiger charge is -2.04. The van der Waals surface area contributed by atoms with Gasteiger partial charge in [-0.3, -0.25) is 4.99 Å². The van der Waals surface area contributed by atoms with Gasteiger partial charge in [-0.2, -0.15) is 0 Å². The molecule has 5 heteroatoms. The Hall–Kier alpha value is -2.20. The van der Waals surface area contributed by atoms with Crippen LogP contribution in [0.25, 0.3) is 0 Å². The second-order valence-corrected chi connectivity index (χ2v) is 5.17. The number of rotatable bonds is 4. The highest BCUT2D eigenvalue weighted by Crippen LogP contribution is 2.32. The lowest BCUT2D eigenvalue weighted by atomic mass is 10.1. The molecule has 0 unspecified atom stereocenters. The molecule has 2 aromatic carbocycles. The standard InChI is InChI=1S/C16H15ClN2O2/c17-13-4-2-1-3-12(13)9-19-16(18)8-11-5-6-14-15(7-11)21-10-20-14/h1-7H,8-10H2,(H2,18,19). The number of nitrogens with zero attached hydrogens (tertiary/aromatic N) is 1. The van der Waals surface area contributed by atoms with Crippen molar-refractivity contribution in [1.82, 2.24) is 0 Å². The first-order valence-corrected chi connectivity index (χ1v) is 7.01. The maximum atomic E-state index is 6.09. The molecular weight excluding hydrogens is 288 g/mol. The van der Waals surface area contributed by atoms with Gasteiger partial charge in [-0.05, 0) is 29.3 Å². The van der Waals surface area contributed by atoms with E-state index in [1.54, 1.807) is 0 Å². The average Bonchev–Trinajstić information content (AvgIpc) is 2.94. The highest BCUT2D eigenvalue weighted by molar-refractivity contribution is 6.31. The van der Waals surface area contributed by atoms with Gasteiger partial charge in [0, 0.05) is 11.4 Å². The van der Waals surface area contributed by atoms with Gasteiger partial charge in [0.1, 0.15) is 0 Å². The number of nitrogens with two attached hydrogens (primary N) is 1. The van der Waals surface area contributed by atoms with Crippen LogP contribution < -0.4 is 15.2 Å². The van der Waals surface area contributed by atoms with E-state index in [0.29, 0.717) is 23.8 Å². The first-order valence-electron chi connectivity index (χ1n) is 6.63. The molecule has 21 heavy (non-hydrogen) atoms. The molecule has 0 bridgehead atoms. The maximum Gasteiger partial charge on any atom is 0.231 e. The van der Waals surface area contributed by atoms with Gasteiger partial charge in [0.15, 0.2) is 11.5 Å². The van der Waals surface area contributed by atoms with Crippen LogP contribution in [0, 0.1) is 0 Å². The third-order valence-electron chi connectivity index (χ3n) is 3.23. The minimum atomic E-state index is 0.273. The fourth-order valence-electron chi connectivity index (χ4n) is 2.13. The van der Waals surface area contributed by atoms with Crippen molar-refractivity contribution in [3.05, 3.63) is 58.6 Å². The van der Waals surface area contributed by atoms with Crippen molar-refractivity contribution >= 4 is 17.4 Å². The second-order valence-electron chi connectivity index (χ2n) is 4.76. The fourth-order valence-corrected chi connectivity index (χ4v) is 2.32. The number of amidine groups is 1. The average molecular weight is 303 g/mol. The van der Waals surface area contributed by atoms with Crippen molar-refractivity contribution in [3.8, 4) is 11.5 Å². The number of hydrogen-bond donors (Lipinski definition) is 1. The molecule has 108 valence electrons. The Balaban J connectivity index is 1.67. The zero-order valence-corrected chi connectivity index (χ0v) is 12.1. The van der Waals surface area contributed by atoms with Gasteiger partial charge >= 0.3 is 0 Å². The van der Waals surface area contributed by atoms with E-state index in [4.69, 9.17) is 26.8 Å². The predicted molar refractivity (Wildman–Crippen MR) is 83.0 cm³/mol. The lowest BCUT2D eigenvalue weighted by molar-refractivity contribution is 0.174. The molecule has 0 atom stereocenters. The molecule has 0 radical (unpaired) electrons. The van der Waals surface area contributed by atoms with E-state index in [-0.39, 0.29) is 6.79 Å². The van der Waals surface area contributed by atoms with Gasteiger partial charge in [0.25, 0.3) is 0 Å². The Bertz CT molecular complexity index is 686. The number of benzene rings is 2. The molecule has 3 rings (SSSR count). The zero-order chi connectivity index (χ0) is 14.7. The summed E-state index contributed by atoms with van der Waals surface area (Å²) in [6.45, 7) is 0.755. The number of hydrogen-bond acceptors (Lipinski definition) is 3. The van der Waals surface area contributed by atoms with Crippen molar-refractivity contribution < 1.29 is 9.47 Å². The van der Waals surface area contributed by atoms with Crippen LogP contribution in [-0.4, -0.2) is 12.6 Å². The summed E-state index contributed by atoms with van der Waals surface area (Å²) in [5, 5.41) is 0.706. The lowest BCUT2D eigenvalue weighted by Crippen LogP contribution is -2.15. The summed E-state index contributed by atoms with van der Waals surface area (Å²) in [4.78, 5) is 4.38. The summed E-state index contributed by atoms with van der Waals surface area (Å²) in [6, 6.07) is 13.4. The molecular formula is C16H15ClN2O2. The summed E-state index contributed by atoms with van der Waals surface area (Å²) >= 11 is 6.09. The van der Waals surface area contributed by atoms with Crippen molar-refractivity contribution in [3.63, 3.8) is 0 Å². The normalized spacial score (nSPS) is 13.5. The number of fused-ring (bicyclic) bond motifs is 1. The molecule has 2 N–H and O–H groups in total. The van der Waals surface area contributed by atoms with Gasteiger partial charge < -0.3 is 15.2 Å². The van der Waals surface area contributed by atoms with Crippen LogP contribution in [0.4, 0.5) is 0 Å². The first-order chi connectivity index (χ1) is 10.2. The minimum Gasteiger partial charge on any atom is -0.454 e. The third-order valence-corrected chi connectivity index (χ3v) is 3.60. The molecule has 0 aromatic heterocycles. The van der Waals surface area contributed by atoms with Crippen LogP contribution in [0.15, 0.2) is 47.5 Å². The van der Waals surface area contributed by atoms with Gasteiger partial charge in [0.2, 0.25) is 6.79 Å². The van der Waals surface area contributed by atoms with E-state index in [1.807, 2.05) is 42.5 Å². The summed E-state index contributed by atoms with van der Waals surface area (Å²) < 4.78 is 10.6. The minimum absolute atomic E-state index is 0.273. The fraction of sp³-hybridized carbons (Fsp3) is 0.188. The maximum absolute atomic E-state index is 6.09. The number of aliphatic imine (C=N–C) groups is 1. The van der Waals surface area contributed by atoms with Gasteiger partial charge in [-0.25, -0.2) is 0 Å². The molecule has 1 aliphatic rings. The Morgan fingerprint density at radius 3 is 2.81 bits per heavy atom. The monoisotopic (exact) mass is 302 g/mol. The highest BCUT2D eigenvalue weighted by atomic mass is 35.5. The largest absolute Gasteiger partial charge is 0.454 e. The van der Waals surface area contributed by atoms with E-state index >= 15 is 0 Å². The smallest absolute Gasteiger partial charge is 0.231 e. The second kappa shape index (κ2) is 6.06. The van der Waals surface area contributed by atoms with Crippen molar-refractivity contribution in [2.24, 2.45) is 10.7 Å². The third kappa shape index (κ3) is 3.28. The summed E-state index contributed by atoms with van der Waals surface area (Å²) in [7, 11) is 0. The van der Waals surface area contributed by atoms with E-state index in [2.05, 4.69) is 4.99 Å². The summed E-state index contributed by atoms with van der Waals surface area (Å²) in [5.74, 6) is 2.09. The van der Waals surface area contributed by atoms with E-state index in [0.717, 1.165) is 22.6 Å². The molecule has 0 saturated carbocycles. The molecule has 0 saturated heterocycles. The van der Waals surface area contributed by atoms with Crippen molar-refractivity contribution in [2.75, 3.05) is 6.79 Å². The predicted octanol–water partition coefficient (Wildman–Crippen LogP) is 3.17. The summed E-state index contributed by atoms with van der Waals surface area (Å²) in [5.41, 5.74) is 7.99. The Morgan fingerprint density at radius 1 is 1.14 bits per heavy atom. The molecule has 2 aromatic rings. The summed E-state index contributed by atoms with van der Waals surface area (Å²) in [6.07, 6.45) is 0.571. The van der Waals surface area contributed by atoms with E-state index in [1.165, 1.54) is 0 Å². The Kier molecular flexibility index (Phi) is 3.97. The van der Waals surface area contributed by atoms with Crippen LogP contribution in [-0.2, 0) is 13.0 Å². The Labute approximate surface area is 128 Å². The van der Waals surface area contributed by atoms with Crippen LogP contribution in [0.2, 0.25) is 5.02 Å². The van der Waals surface area contributed by atoms with Gasteiger partial charge in [0.05, 0.1) is 12.4 Å². The number of halogens is 1. The molecule has 1 aliphatic heterocycles. The molecule has 0 amide bonds. The molecule has 0 fully saturated rings. The molecule has 4 nitrogen and oxygen atoms in total. The van der Waals surface area contributed by atoms with Crippen LogP contribution in [0.5, 0.6) is 11.5 Å². The van der Waals surface area contributed by atoms with E-state index < -0.39 is 0 Å². The highest BCUT2D eigenvalue weighted by Gasteiger charge is 2.13. The van der Waals surface area contributed by atoms with Crippen LogP contribution >= 0.6 is 11.6 Å². The quantitative estimate of drug-likeness (QED) is 0.697. The Morgan fingerprint density at radius 2 is 1.95 bits per heavy atom. The molecule has 0 spiro atoms. The van der Waals surface area contributed by atoms with Crippen molar-refractivity contribution in [2.45, 2.75) is 13.0 Å². The topological polar surface area (TPSA) is 56.8 Å².